The summed E-state index contributed by atoms with van der Waals surface area (Å²) >= 11 is 0. The Morgan fingerprint density at radius 3 is 2.53 bits per heavy atom. The van der Waals surface area contributed by atoms with Gasteiger partial charge in [-0.05, 0) is 19.1 Å². The van der Waals surface area contributed by atoms with Gasteiger partial charge in [-0.1, -0.05) is 30.3 Å². The molecule has 0 amide bonds. The zero-order valence-electron chi connectivity index (χ0n) is 16.9. The van der Waals surface area contributed by atoms with Crippen LogP contribution in [0.1, 0.15) is 5.69 Å². The maximum atomic E-state index is 5.64. The molecule has 0 radical (unpaired) electrons. The van der Waals surface area contributed by atoms with Crippen LogP contribution < -0.4 is 4.74 Å². The van der Waals surface area contributed by atoms with Crippen molar-refractivity contribution in [3.63, 3.8) is 0 Å². The van der Waals surface area contributed by atoms with Gasteiger partial charge in [-0.3, -0.25) is 4.68 Å². The molecule has 0 N–H and O–H groups in total. The monoisotopic (exact) mass is 396 g/mol. The van der Waals surface area contributed by atoms with E-state index in [2.05, 4.69) is 33.3 Å². The first-order valence-corrected chi connectivity index (χ1v) is 9.58. The molecule has 0 atom stereocenters. The zero-order chi connectivity index (χ0) is 20.7. The number of hydrogen-bond donors (Lipinski definition) is 0. The second-order valence-electron chi connectivity index (χ2n) is 7.12. The van der Waals surface area contributed by atoms with Crippen molar-refractivity contribution in [1.29, 1.82) is 0 Å². The Hall–Kier alpha value is -4.00. The summed E-state index contributed by atoms with van der Waals surface area (Å²) in [5.41, 5.74) is 5.65. The summed E-state index contributed by atoms with van der Waals surface area (Å²) in [7, 11) is 3.55. The van der Waals surface area contributed by atoms with Gasteiger partial charge in [0.1, 0.15) is 12.1 Å². The van der Waals surface area contributed by atoms with Crippen molar-refractivity contribution in [2.75, 3.05) is 7.11 Å². The minimum Gasteiger partial charge on any atom is -0.496 e. The van der Waals surface area contributed by atoms with Crippen LogP contribution in [0.5, 0.6) is 5.75 Å². The number of aryl methyl sites for hydroxylation is 2. The topological polar surface area (TPSA) is 70.7 Å². The van der Waals surface area contributed by atoms with Crippen molar-refractivity contribution in [2.45, 2.75) is 6.92 Å². The smallest absolute Gasteiger partial charge is 0.165 e. The van der Waals surface area contributed by atoms with Crippen LogP contribution in [0.4, 0.5) is 0 Å². The molecule has 0 aliphatic carbocycles. The summed E-state index contributed by atoms with van der Waals surface area (Å²) in [4.78, 5) is 9.07. The van der Waals surface area contributed by atoms with Gasteiger partial charge in [0.2, 0.25) is 0 Å². The van der Waals surface area contributed by atoms with E-state index in [1.165, 1.54) is 0 Å². The first kappa shape index (κ1) is 18.1. The van der Waals surface area contributed by atoms with Gasteiger partial charge < -0.3 is 4.74 Å². The van der Waals surface area contributed by atoms with Crippen molar-refractivity contribution >= 4 is 10.9 Å². The highest BCUT2D eigenvalue weighted by molar-refractivity contribution is 5.92. The summed E-state index contributed by atoms with van der Waals surface area (Å²) in [6, 6.07) is 16.2. The third kappa shape index (κ3) is 3.00. The van der Waals surface area contributed by atoms with E-state index in [0.717, 1.165) is 50.5 Å². The van der Waals surface area contributed by atoms with Gasteiger partial charge in [-0.15, -0.1) is 0 Å². The molecule has 0 aliphatic rings. The second-order valence-corrected chi connectivity index (χ2v) is 7.12. The van der Waals surface area contributed by atoms with Crippen LogP contribution in [0.3, 0.4) is 0 Å². The van der Waals surface area contributed by atoms with Gasteiger partial charge in [0.05, 0.1) is 30.2 Å². The second kappa shape index (κ2) is 7.11. The molecule has 148 valence electrons. The van der Waals surface area contributed by atoms with Crippen molar-refractivity contribution in [2.24, 2.45) is 7.05 Å². The van der Waals surface area contributed by atoms with Crippen molar-refractivity contribution in [3.8, 4) is 34.0 Å². The van der Waals surface area contributed by atoms with Crippen LogP contribution in [0.25, 0.3) is 39.1 Å². The summed E-state index contributed by atoms with van der Waals surface area (Å²) < 4.78 is 9.29. The fourth-order valence-electron chi connectivity index (χ4n) is 3.67. The Kier molecular flexibility index (Phi) is 4.28. The van der Waals surface area contributed by atoms with Gasteiger partial charge in [-0.2, -0.15) is 10.2 Å². The molecule has 0 spiro atoms. The number of nitrogens with zero attached hydrogens (tertiary/aromatic N) is 6. The van der Waals surface area contributed by atoms with E-state index in [9.17, 15) is 0 Å². The number of fused-ring (bicyclic) bond motifs is 1. The van der Waals surface area contributed by atoms with Gasteiger partial charge in [0, 0.05) is 41.4 Å². The lowest BCUT2D eigenvalue weighted by molar-refractivity contribution is 0.417. The lowest BCUT2D eigenvalue weighted by Crippen LogP contribution is -2.04. The van der Waals surface area contributed by atoms with Crippen LogP contribution in [0.2, 0.25) is 0 Å². The molecule has 7 heteroatoms. The molecule has 5 aromatic rings. The summed E-state index contributed by atoms with van der Waals surface area (Å²) in [5, 5.41) is 9.92. The Labute approximate surface area is 173 Å². The van der Waals surface area contributed by atoms with Gasteiger partial charge in [0.15, 0.2) is 5.82 Å². The molecule has 2 aromatic carbocycles. The maximum Gasteiger partial charge on any atom is 0.165 e. The molecule has 0 aliphatic heterocycles. The van der Waals surface area contributed by atoms with Crippen LogP contribution in [0.15, 0.2) is 67.3 Å². The molecule has 7 nitrogen and oxygen atoms in total. The third-order valence-electron chi connectivity index (χ3n) is 5.05. The number of hydrogen-bond acceptors (Lipinski definition) is 5. The molecule has 30 heavy (non-hydrogen) atoms. The Morgan fingerprint density at radius 2 is 1.80 bits per heavy atom. The number of methoxy groups -OCH3 is 1. The van der Waals surface area contributed by atoms with Crippen LogP contribution >= 0.6 is 0 Å². The molecule has 0 bridgehead atoms. The standard InChI is InChI=1S/C23H20N6O/c1-15-9-21(16-7-5-4-6-8-16)29(27-15)23-19-10-18(17-12-26-28(2)13-17)22(30-3)11-20(19)24-14-25-23/h4-14H,1-3H3. The molecule has 0 fully saturated rings. The van der Waals surface area contributed by atoms with Gasteiger partial charge >= 0.3 is 0 Å². The van der Waals surface area contributed by atoms with E-state index in [0.29, 0.717) is 0 Å². The van der Waals surface area contributed by atoms with E-state index in [1.807, 2.05) is 61.4 Å². The largest absolute Gasteiger partial charge is 0.496 e. The average molecular weight is 396 g/mol. The fraction of sp³-hybridized carbons (Fsp3) is 0.130. The quantitative estimate of drug-likeness (QED) is 0.455. The van der Waals surface area contributed by atoms with Crippen molar-refractivity contribution < 1.29 is 4.74 Å². The molecule has 0 unspecified atom stereocenters. The molecular formula is C23H20N6O. The van der Waals surface area contributed by atoms with E-state index >= 15 is 0 Å². The normalized spacial score (nSPS) is 11.2. The highest BCUT2D eigenvalue weighted by Crippen LogP contribution is 2.35. The summed E-state index contributed by atoms with van der Waals surface area (Å²) in [6.07, 6.45) is 5.34. The molecule has 0 saturated heterocycles. The number of aromatic nitrogens is 6. The minimum absolute atomic E-state index is 0.722. The van der Waals surface area contributed by atoms with Gasteiger partial charge in [-0.25, -0.2) is 14.6 Å². The highest BCUT2D eigenvalue weighted by Gasteiger charge is 2.17. The Bertz CT molecular complexity index is 1350. The predicted octanol–water partition coefficient (Wildman–Crippen LogP) is 4.20. The average Bonchev–Trinajstić information content (AvgIpc) is 3.38. The SMILES string of the molecule is COc1cc2ncnc(-n3nc(C)cc3-c3ccccc3)c2cc1-c1cnn(C)c1. The fourth-order valence-corrected chi connectivity index (χ4v) is 3.67. The first-order chi connectivity index (χ1) is 14.6. The lowest BCUT2D eigenvalue weighted by atomic mass is 10.0. The van der Waals surface area contributed by atoms with Crippen molar-refractivity contribution in [3.05, 3.63) is 72.9 Å². The number of ether oxygens (including phenoxy) is 1. The summed E-state index contributed by atoms with van der Waals surface area (Å²) in [6.45, 7) is 1.98. The number of benzene rings is 2. The summed E-state index contributed by atoms with van der Waals surface area (Å²) in [5.74, 6) is 1.46. The van der Waals surface area contributed by atoms with E-state index in [4.69, 9.17) is 9.84 Å². The molecular weight excluding hydrogens is 376 g/mol. The molecule has 3 heterocycles. The predicted molar refractivity (Wildman–Crippen MR) is 116 cm³/mol. The van der Waals surface area contributed by atoms with Crippen LogP contribution in [-0.2, 0) is 7.05 Å². The third-order valence-corrected chi connectivity index (χ3v) is 5.05. The minimum atomic E-state index is 0.722. The Morgan fingerprint density at radius 1 is 0.967 bits per heavy atom. The first-order valence-electron chi connectivity index (χ1n) is 9.58. The molecule has 5 rings (SSSR count). The van der Waals surface area contributed by atoms with Crippen molar-refractivity contribution in [1.82, 2.24) is 29.5 Å². The molecule has 3 aromatic heterocycles. The van der Waals surface area contributed by atoms with E-state index in [1.54, 1.807) is 18.1 Å². The van der Waals surface area contributed by atoms with Crippen LogP contribution in [-0.4, -0.2) is 36.6 Å². The maximum absolute atomic E-state index is 5.64. The number of rotatable bonds is 4. The zero-order valence-corrected chi connectivity index (χ0v) is 16.9. The van der Waals surface area contributed by atoms with E-state index < -0.39 is 0 Å². The van der Waals surface area contributed by atoms with Gasteiger partial charge in [0.25, 0.3) is 0 Å². The highest BCUT2D eigenvalue weighted by atomic mass is 16.5. The van der Waals surface area contributed by atoms with Crippen LogP contribution in [0, 0.1) is 6.92 Å². The Balaban J connectivity index is 1.78. The van der Waals surface area contributed by atoms with E-state index in [-0.39, 0.29) is 0 Å². The lowest BCUT2D eigenvalue weighted by Gasteiger charge is -2.12. The molecule has 0 saturated carbocycles.